The summed E-state index contributed by atoms with van der Waals surface area (Å²) in [6.07, 6.45) is 1.77. The van der Waals surface area contributed by atoms with E-state index in [-0.39, 0.29) is 6.03 Å². The maximum absolute atomic E-state index is 14.1. The SMILES string of the molecule is C=S(=O)(c1ccc(CNC(=O)n2ccc3ccccc32)cc1)N(Cc1ccccc1)Cc1ccccc1. The van der Waals surface area contributed by atoms with Crippen LogP contribution in [0.5, 0.6) is 0 Å². The van der Waals surface area contributed by atoms with Gasteiger partial charge in [-0.15, -0.1) is 0 Å². The van der Waals surface area contributed by atoms with Crippen molar-refractivity contribution in [3.63, 3.8) is 0 Å². The number of para-hydroxylation sites is 1. The van der Waals surface area contributed by atoms with Gasteiger partial charge in [-0.1, -0.05) is 91.0 Å². The second-order valence-corrected chi connectivity index (χ2v) is 11.2. The topological polar surface area (TPSA) is 54.3 Å². The number of aromatic nitrogens is 1. The molecule has 1 atom stereocenters. The van der Waals surface area contributed by atoms with E-state index in [0.29, 0.717) is 24.5 Å². The van der Waals surface area contributed by atoms with Gasteiger partial charge in [0.2, 0.25) is 0 Å². The van der Waals surface area contributed by atoms with E-state index in [1.165, 1.54) is 0 Å². The van der Waals surface area contributed by atoms with Crippen molar-refractivity contribution in [1.82, 2.24) is 14.2 Å². The van der Waals surface area contributed by atoms with Gasteiger partial charge < -0.3 is 5.32 Å². The molecule has 5 aromatic rings. The smallest absolute Gasteiger partial charge is 0.326 e. The van der Waals surface area contributed by atoms with E-state index in [1.54, 1.807) is 10.8 Å². The van der Waals surface area contributed by atoms with Crippen LogP contribution in [-0.4, -0.2) is 25.0 Å². The summed E-state index contributed by atoms with van der Waals surface area (Å²) in [5.74, 6) is 4.18. The van der Waals surface area contributed by atoms with Crippen molar-refractivity contribution in [2.75, 3.05) is 0 Å². The van der Waals surface area contributed by atoms with Gasteiger partial charge in [0.15, 0.2) is 0 Å². The molecule has 0 aliphatic rings. The molecule has 0 saturated heterocycles. The highest BCUT2D eigenvalue weighted by Crippen LogP contribution is 2.22. The van der Waals surface area contributed by atoms with E-state index in [1.807, 2.05) is 120 Å². The van der Waals surface area contributed by atoms with Gasteiger partial charge in [0, 0.05) is 36.1 Å². The van der Waals surface area contributed by atoms with Crippen molar-refractivity contribution < 1.29 is 9.00 Å². The summed E-state index contributed by atoms with van der Waals surface area (Å²) in [5.41, 5.74) is 3.93. The fourth-order valence-electron chi connectivity index (χ4n) is 4.33. The molecule has 1 unspecified atom stereocenters. The number of carbonyl (C=O) groups excluding carboxylic acids is 1. The fourth-order valence-corrected chi connectivity index (χ4v) is 5.91. The number of amides is 1. The molecule has 1 heterocycles. The minimum absolute atomic E-state index is 0.192. The number of nitrogens with zero attached hydrogens (tertiary/aromatic N) is 2. The lowest BCUT2D eigenvalue weighted by atomic mass is 10.2. The van der Waals surface area contributed by atoms with E-state index in [9.17, 15) is 9.00 Å². The molecule has 1 aromatic heterocycles. The Morgan fingerprint density at radius 3 is 1.92 bits per heavy atom. The van der Waals surface area contributed by atoms with Crippen molar-refractivity contribution in [3.05, 3.63) is 138 Å². The predicted molar refractivity (Wildman–Crippen MR) is 152 cm³/mol. The number of rotatable bonds is 8. The number of carbonyl (C=O) groups is 1. The maximum atomic E-state index is 14.1. The van der Waals surface area contributed by atoms with Gasteiger partial charge in [-0.25, -0.2) is 13.3 Å². The maximum Gasteiger partial charge on any atom is 0.326 e. The van der Waals surface area contributed by atoms with Crippen LogP contribution in [0.15, 0.2) is 126 Å². The highest BCUT2D eigenvalue weighted by molar-refractivity contribution is 7.98. The zero-order valence-corrected chi connectivity index (χ0v) is 21.3. The Morgan fingerprint density at radius 1 is 0.730 bits per heavy atom. The van der Waals surface area contributed by atoms with Crippen molar-refractivity contribution in [2.24, 2.45) is 0 Å². The Kier molecular flexibility index (Phi) is 7.21. The van der Waals surface area contributed by atoms with Crippen LogP contribution >= 0.6 is 0 Å². The van der Waals surface area contributed by atoms with E-state index in [2.05, 4.69) is 11.2 Å². The monoisotopic (exact) mass is 507 g/mol. The predicted octanol–water partition coefficient (Wildman–Crippen LogP) is 6.09. The lowest BCUT2D eigenvalue weighted by Gasteiger charge is -2.27. The van der Waals surface area contributed by atoms with Crippen LogP contribution in [0.1, 0.15) is 16.7 Å². The van der Waals surface area contributed by atoms with E-state index >= 15 is 0 Å². The molecule has 6 heteroatoms. The number of hydrogen-bond acceptors (Lipinski definition) is 2. The molecule has 0 spiro atoms. The normalized spacial score (nSPS) is 12.9. The minimum atomic E-state index is -2.76. The Hall–Kier alpha value is -4.13. The van der Waals surface area contributed by atoms with Gasteiger partial charge in [0.1, 0.15) is 0 Å². The molecular weight excluding hydrogens is 478 g/mol. The van der Waals surface area contributed by atoms with Crippen molar-refractivity contribution in [3.8, 4) is 0 Å². The summed E-state index contributed by atoms with van der Waals surface area (Å²) in [6.45, 7) is 1.39. The van der Waals surface area contributed by atoms with Crippen LogP contribution in [0.2, 0.25) is 0 Å². The quantitative estimate of drug-likeness (QED) is 0.258. The zero-order valence-electron chi connectivity index (χ0n) is 20.5. The van der Waals surface area contributed by atoms with Gasteiger partial charge in [-0.05, 0) is 46.8 Å². The van der Waals surface area contributed by atoms with Crippen LogP contribution in [0.4, 0.5) is 4.79 Å². The molecule has 37 heavy (non-hydrogen) atoms. The van der Waals surface area contributed by atoms with Crippen LogP contribution in [-0.2, 0) is 29.3 Å². The molecule has 4 aromatic carbocycles. The summed E-state index contributed by atoms with van der Waals surface area (Å²) in [7, 11) is -2.76. The Balaban J connectivity index is 1.31. The molecule has 186 valence electrons. The van der Waals surface area contributed by atoms with Crippen molar-refractivity contribution >= 4 is 32.5 Å². The summed E-state index contributed by atoms with van der Waals surface area (Å²) >= 11 is 0. The molecule has 0 bridgehead atoms. The third-order valence-corrected chi connectivity index (χ3v) is 8.48. The van der Waals surface area contributed by atoms with Gasteiger partial charge in [-0.3, -0.25) is 4.57 Å². The molecule has 0 radical (unpaired) electrons. The van der Waals surface area contributed by atoms with Crippen LogP contribution in [0.3, 0.4) is 0 Å². The van der Waals surface area contributed by atoms with E-state index < -0.39 is 9.71 Å². The molecule has 0 saturated carbocycles. The summed E-state index contributed by atoms with van der Waals surface area (Å²) in [4.78, 5) is 13.4. The lowest BCUT2D eigenvalue weighted by molar-refractivity contribution is 0.243. The first kappa shape index (κ1) is 24.6. The molecule has 0 aliphatic carbocycles. The Morgan fingerprint density at radius 2 is 1.30 bits per heavy atom. The summed E-state index contributed by atoms with van der Waals surface area (Å²) in [5, 5.41) is 3.98. The number of hydrogen-bond donors (Lipinski definition) is 1. The number of benzene rings is 4. The number of fused-ring (bicyclic) bond motifs is 1. The Bertz CT molecular complexity index is 1550. The first-order valence-corrected chi connectivity index (χ1v) is 13.8. The molecule has 1 amide bonds. The second-order valence-electron chi connectivity index (χ2n) is 8.96. The minimum Gasteiger partial charge on any atom is -0.333 e. The molecule has 0 aliphatic heterocycles. The molecule has 5 nitrogen and oxygen atoms in total. The largest absolute Gasteiger partial charge is 0.333 e. The third-order valence-electron chi connectivity index (χ3n) is 6.37. The van der Waals surface area contributed by atoms with Crippen molar-refractivity contribution in [1.29, 1.82) is 0 Å². The van der Waals surface area contributed by atoms with Crippen LogP contribution in [0.25, 0.3) is 10.9 Å². The second kappa shape index (κ2) is 10.9. The highest BCUT2D eigenvalue weighted by Gasteiger charge is 2.20. The van der Waals surface area contributed by atoms with E-state index in [0.717, 1.165) is 27.6 Å². The lowest BCUT2D eigenvalue weighted by Crippen LogP contribution is -2.30. The average Bonchev–Trinajstić information content (AvgIpc) is 3.37. The Labute approximate surface area is 218 Å². The van der Waals surface area contributed by atoms with Crippen LogP contribution < -0.4 is 5.32 Å². The van der Waals surface area contributed by atoms with E-state index in [4.69, 9.17) is 0 Å². The van der Waals surface area contributed by atoms with Gasteiger partial charge in [0.25, 0.3) is 0 Å². The van der Waals surface area contributed by atoms with Gasteiger partial charge >= 0.3 is 6.03 Å². The summed E-state index contributed by atoms with van der Waals surface area (Å²) < 4.78 is 17.6. The van der Waals surface area contributed by atoms with Gasteiger partial charge in [-0.2, -0.15) is 0 Å². The molecule has 1 N–H and O–H groups in total. The standard InChI is InChI=1S/C31H29N3O2S/c1-37(36,33(23-26-10-4-2-5-11-26)24-27-12-6-3-7-13-27)29-18-16-25(17-19-29)22-32-31(35)34-21-20-28-14-8-9-15-30(28)34/h2-21H,1,22-24H2,(H,32,35). The van der Waals surface area contributed by atoms with Crippen molar-refractivity contribution in [2.45, 2.75) is 24.5 Å². The third kappa shape index (κ3) is 5.66. The fraction of sp³-hybridized carbons (Fsp3) is 0.0968. The zero-order chi connectivity index (χ0) is 25.7. The highest BCUT2D eigenvalue weighted by atomic mass is 32.2. The first-order valence-electron chi connectivity index (χ1n) is 12.1. The summed E-state index contributed by atoms with van der Waals surface area (Å²) in [6, 6.07) is 37.0. The van der Waals surface area contributed by atoms with Crippen LogP contribution in [0, 0.1) is 0 Å². The first-order chi connectivity index (χ1) is 18.0. The van der Waals surface area contributed by atoms with Gasteiger partial charge in [0.05, 0.1) is 15.2 Å². The number of nitrogens with one attached hydrogen (secondary N) is 1. The molecule has 5 rings (SSSR count). The molecule has 0 fully saturated rings. The molecular formula is C31H29N3O2S. The average molecular weight is 508 g/mol.